The standard InChI is InChI=1S/C19H27N3O4S/c1-2-22(15-11-12-27(25,26)13-15)19(24)17-10-6-9-16(21-17)18(23)20-14-7-4-3-5-8-14/h6,9-10,14-15H,2-5,7-8,11-13H2,1H3,(H,20,23). The minimum absolute atomic E-state index is 0.00552. The molecule has 1 aromatic rings. The Morgan fingerprint density at radius 1 is 1.15 bits per heavy atom. The molecule has 2 amide bonds. The third-order valence-corrected chi connectivity index (χ3v) is 7.14. The van der Waals surface area contributed by atoms with Gasteiger partial charge in [-0.25, -0.2) is 13.4 Å². The number of carbonyl (C=O) groups excluding carboxylic acids is 2. The second kappa shape index (κ2) is 8.37. The summed E-state index contributed by atoms with van der Waals surface area (Å²) < 4.78 is 23.5. The van der Waals surface area contributed by atoms with E-state index in [4.69, 9.17) is 0 Å². The lowest BCUT2D eigenvalue weighted by Gasteiger charge is -2.26. The van der Waals surface area contributed by atoms with E-state index in [2.05, 4.69) is 10.3 Å². The number of carbonyl (C=O) groups is 2. The number of hydrogen-bond donors (Lipinski definition) is 1. The van der Waals surface area contributed by atoms with Gasteiger partial charge in [0.25, 0.3) is 11.8 Å². The van der Waals surface area contributed by atoms with Gasteiger partial charge in [-0.3, -0.25) is 9.59 Å². The summed E-state index contributed by atoms with van der Waals surface area (Å²) in [5, 5.41) is 3.00. The van der Waals surface area contributed by atoms with Crippen LogP contribution >= 0.6 is 0 Å². The Balaban J connectivity index is 1.71. The quantitative estimate of drug-likeness (QED) is 0.823. The first kappa shape index (κ1) is 19.8. The maximum atomic E-state index is 12.9. The Morgan fingerprint density at radius 2 is 1.85 bits per heavy atom. The van der Waals surface area contributed by atoms with E-state index in [9.17, 15) is 18.0 Å². The molecule has 1 saturated heterocycles. The van der Waals surface area contributed by atoms with Crippen LogP contribution in [0.2, 0.25) is 0 Å². The first-order valence-electron chi connectivity index (χ1n) is 9.69. The predicted molar refractivity (Wildman–Crippen MR) is 102 cm³/mol. The van der Waals surface area contributed by atoms with E-state index in [0.29, 0.717) is 13.0 Å². The first-order chi connectivity index (χ1) is 12.9. The molecule has 1 aliphatic carbocycles. The molecule has 2 heterocycles. The summed E-state index contributed by atoms with van der Waals surface area (Å²) in [4.78, 5) is 31.2. The molecule has 1 saturated carbocycles. The van der Waals surface area contributed by atoms with Crippen LogP contribution in [0, 0.1) is 0 Å². The Kier molecular flexibility index (Phi) is 6.14. The van der Waals surface area contributed by atoms with Gasteiger partial charge < -0.3 is 10.2 Å². The molecule has 0 spiro atoms. The number of pyridine rings is 1. The lowest BCUT2D eigenvalue weighted by atomic mass is 9.95. The molecular formula is C19H27N3O4S. The highest BCUT2D eigenvalue weighted by Gasteiger charge is 2.34. The van der Waals surface area contributed by atoms with Crippen LogP contribution in [0.25, 0.3) is 0 Å². The molecule has 1 N–H and O–H groups in total. The van der Waals surface area contributed by atoms with Gasteiger partial charge in [0.15, 0.2) is 9.84 Å². The summed E-state index contributed by atoms with van der Waals surface area (Å²) in [7, 11) is -3.08. The molecule has 2 aliphatic rings. The Labute approximate surface area is 160 Å². The van der Waals surface area contributed by atoms with E-state index in [1.54, 1.807) is 23.1 Å². The van der Waals surface area contributed by atoms with Crippen molar-refractivity contribution >= 4 is 21.7 Å². The zero-order valence-electron chi connectivity index (χ0n) is 15.7. The van der Waals surface area contributed by atoms with Crippen LogP contribution in [-0.4, -0.2) is 60.3 Å². The van der Waals surface area contributed by atoms with E-state index in [0.717, 1.165) is 25.7 Å². The number of nitrogens with zero attached hydrogens (tertiary/aromatic N) is 2. The first-order valence-corrected chi connectivity index (χ1v) is 11.5. The van der Waals surface area contributed by atoms with Crippen LogP contribution in [0.4, 0.5) is 0 Å². The maximum absolute atomic E-state index is 12.9. The van der Waals surface area contributed by atoms with E-state index in [1.807, 2.05) is 6.92 Å². The van der Waals surface area contributed by atoms with E-state index >= 15 is 0 Å². The van der Waals surface area contributed by atoms with Gasteiger partial charge in [-0.1, -0.05) is 25.3 Å². The SMILES string of the molecule is CCN(C(=O)c1cccc(C(=O)NC2CCCCC2)n1)C1CCS(=O)(=O)C1. The second-order valence-corrected chi connectivity index (χ2v) is 9.59. The third kappa shape index (κ3) is 4.86. The number of hydrogen-bond acceptors (Lipinski definition) is 5. The average molecular weight is 394 g/mol. The number of amides is 2. The molecule has 148 valence electrons. The molecule has 8 heteroatoms. The molecule has 1 aromatic heterocycles. The van der Waals surface area contributed by atoms with E-state index in [-0.39, 0.29) is 46.8 Å². The Bertz CT molecular complexity index is 803. The van der Waals surface area contributed by atoms with Crippen molar-refractivity contribution in [3.63, 3.8) is 0 Å². The summed E-state index contributed by atoms with van der Waals surface area (Å²) in [5.74, 6) is -0.484. The van der Waals surface area contributed by atoms with Crippen molar-refractivity contribution in [1.82, 2.24) is 15.2 Å². The van der Waals surface area contributed by atoms with Crippen LogP contribution in [-0.2, 0) is 9.84 Å². The van der Waals surface area contributed by atoms with Gasteiger partial charge in [-0.05, 0) is 38.3 Å². The summed E-state index contributed by atoms with van der Waals surface area (Å²) in [5.41, 5.74) is 0.402. The van der Waals surface area contributed by atoms with Crippen LogP contribution in [0.3, 0.4) is 0 Å². The number of sulfone groups is 1. The van der Waals surface area contributed by atoms with E-state index < -0.39 is 9.84 Å². The highest BCUT2D eigenvalue weighted by molar-refractivity contribution is 7.91. The number of nitrogens with one attached hydrogen (secondary N) is 1. The topological polar surface area (TPSA) is 96.4 Å². The predicted octanol–water partition coefficient (Wildman–Crippen LogP) is 1.79. The van der Waals surface area contributed by atoms with Crippen molar-refractivity contribution in [2.45, 2.75) is 57.5 Å². The fraction of sp³-hybridized carbons (Fsp3) is 0.632. The highest BCUT2D eigenvalue weighted by atomic mass is 32.2. The molecule has 3 rings (SSSR count). The highest BCUT2D eigenvalue weighted by Crippen LogP contribution is 2.20. The van der Waals surface area contributed by atoms with Crippen LogP contribution in [0.15, 0.2) is 18.2 Å². The molecule has 7 nitrogen and oxygen atoms in total. The van der Waals surface area contributed by atoms with Gasteiger partial charge in [0.05, 0.1) is 11.5 Å². The summed E-state index contributed by atoms with van der Waals surface area (Å²) in [6.07, 6.45) is 5.84. The molecule has 0 bridgehead atoms. The van der Waals surface area contributed by atoms with Gasteiger partial charge in [-0.2, -0.15) is 0 Å². The monoisotopic (exact) mass is 393 g/mol. The molecule has 2 fully saturated rings. The smallest absolute Gasteiger partial charge is 0.272 e. The Morgan fingerprint density at radius 3 is 2.48 bits per heavy atom. The molecule has 27 heavy (non-hydrogen) atoms. The van der Waals surface area contributed by atoms with Gasteiger partial charge in [0.1, 0.15) is 11.4 Å². The molecule has 0 radical (unpaired) electrons. The van der Waals surface area contributed by atoms with Gasteiger partial charge in [0.2, 0.25) is 0 Å². The summed E-state index contributed by atoms with van der Waals surface area (Å²) >= 11 is 0. The summed E-state index contributed by atoms with van der Waals surface area (Å²) in [6, 6.07) is 4.67. The molecule has 1 unspecified atom stereocenters. The maximum Gasteiger partial charge on any atom is 0.272 e. The second-order valence-electron chi connectivity index (χ2n) is 7.36. The molecule has 1 atom stereocenters. The lowest BCUT2D eigenvalue weighted by Crippen LogP contribution is -2.41. The van der Waals surface area contributed by atoms with Gasteiger partial charge >= 0.3 is 0 Å². The normalized spacial score (nSPS) is 22.3. The Hall–Kier alpha value is -1.96. The van der Waals surface area contributed by atoms with Crippen LogP contribution < -0.4 is 5.32 Å². The lowest BCUT2D eigenvalue weighted by molar-refractivity contribution is 0.0702. The minimum Gasteiger partial charge on any atom is -0.348 e. The van der Waals surface area contributed by atoms with Gasteiger partial charge in [0, 0.05) is 18.6 Å². The minimum atomic E-state index is -3.08. The van der Waals surface area contributed by atoms with E-state index in [1.165, 1.54) is 6.42 Å². The third-order valence-electron chi connectivity index (χ3n) is 5.39. The van der Waals surface area contributed by atoms with Crippen LogP contribution in [0.1, 0.15) is 66.4 Å². The zero-order chi connectivity index (χ0) is 19.4. The molecule has 1 aliphatic heterocycles. The molecule has 0 aromatic carbocycles. The average Bonchev–Trinajstić information content (AvgIpc) is 3.02. The fourth-order valence-corrected chi connectivity index (χ4v) is 5.65. The van der Waals surface area contributed by atoms with Crippen molar-refractivity contribution in [3.05, 3.63) is 29.6 Å². The van der Waals surface area contributed by atoms with Crippen molar-refractivity contribution in [3.8, 4) is 0 Å². The molecular weight excluding hydrogens is 366 g/mol. The van der Waals surface area contributed by atoms with Crippen molar-refractivity contribution in [1.29, 1.82) is 0 Å². The van der Waals surface area contributed by atoms with Crippen molar-refractivity contribution in [2.75, 3.05) is 18.1 Å². The zero-order valence-corrected chi connectivity index (χ0v) is 16.5. The summed E-state index contributed by atoms with van der Waals surface area (Å²) in [6.45, 7) is 2.22. The van der Waals surface area contributed by atoms with Crippen molar-refractivity contribution < 1.29 is 18.0 Å². The van der Waals surface area contributed by atoms with Gasteiger partial charge in [-0.15, -0.1) is 0 Å². The van der Waals surface area contributed by atoms with Crippen LogP contribution in [0.5, 0.6) is 0 Å². The number of aromatic nitrogens is 1. The fourth-order valence-electron chi connectivity index (χ4n) is 3.92. The largest absolute Gasteiger partial charge is 0.348 e. The van der Waals surface area contributed by atoms with Crippen molar-refractivity contribution in [2.24, 2.45) is 0 Å². The number of rotatable bonds is 5.